The summed E-state index contributed by atoms with van der Waals surface area (Å²) in [4.78, 5) is 0. The fraction of sp³-hybridized carbons (Fsp3) is 0.667. The first-order chi connectivity index (χ1) is 6.50. The standard InChI is InChI=1S/C12H22O2/c1-7-12(4,9-8-10(2)3)11(13-5)14-6/h7-8,11H,1,9H2,2-6H3. The molecule has 1 atom stereocenters. The van der Waals surface area contributed by atoms with Gasteiger partial charge in [-0.25, -0.2) is 0 Å². The minimum absolute atomic E-state index is 0.166. The molecule has 0 aromatic rings. The Morgan fingerprint density at radius 3 is 2.14 bits per heavy atom. The molecule has 82 valence electrons. The summed E-state index contributed by atoms with van der Waals surface area (Å²) in [7, 11) is 3.30. The molecule has 0 amide bonds. The third-order valence-electron chi connectivity index (χ3n) is 2.38. The number of methoxy groups -OCH3 is 2. The molecule has 2 nitrogen and oxygen atoms in total. The van der Waals surface area contributed by atoms with Gasteiger partial charge in [0.05, 0.1) is 0 Å². The summed E-state index contributed by atoms with van der Waals surface area (Å²) in [5, 5.41) is 0. The van der Waals surface area contributed by atoms with Crippen LogP contribution in [-0.2, 0) is 9.47 Å². The first kappa shape index (κ1) is 13.4. The van der Waals surface area contributed by atoms with Crippen LogP contribution >= 0.6 is 0 Å². The lowest BCUT2D eigenvalue weighted by molar-refractivity contribution is -0.156. The fourth-order valence-electron chi connectivity index (χ4n) is 1.33. The maximum absolute atomic E-state index is 5.27. The molecule has 0 rings (SSSR count). The van der Waals surface area contributed by atoms with Crippen molar-refractivity contribution in [1.29, 1.82) is 0 Å². The van der Waals surface area contributed by atoms with Crippen LogP contribution in [0.4, 0.5) is 0 Å². The van der Waals surface area contributed by atoms with Gasteiger partial charge in [-0.2, -0.15) is 0 Å². The molecular weight excluding hydrogens is 176 g/mol. The van der Waals surface area contributed by atoms with Gasteiger partial charge in [0.1, 0.15) is 0 Å². The van der Waals surface area contributed by atoms with Gasteiger partial charge >= 0.3 is 0 Å². The Morgan fingerprint density at radius 2 is 1.86 bits per heavy atom. The van der Waals surface area contributed by atoms with Gasteiger partial charge in [-0.05, 0) is 20.3 Å². The van der Waals surface area contributed by atoms with Crippen LogP contribution in [0.3, 0.4) is 0 Å². The highest BCUT2D eigenvalue weighted by atomic mass is 16.7. The topological polar surface area (TPSA) is 18.5 Å². The first-order valence-corrected chi connectivity index (χ1v) is 4.82. The lowest BCUT2D eigenvalue weighted by atomic mass is 9.85. The molecule has 0 saturated heterocycles. The zero-order chi connectivity index (χ0) is 11.2. The van der Waals surface area contributed by atoms with Gasteiger partial charge in [0.2, 0.25) is 0 Å². The monoisotopic (exact) mass is 198 g/mol. The number of rotatable bonds is 6. The van der Waals surface area contributed by atoms with E-state index in [9.17, 15) is 0 Å². The summed E-state index contributed by atoms with van der Waals surface area (Å²) in [5.74, 6) is 0. The molecule has 0 N–H and O–H groups in total. The highest BCUT2D eigenvalue weighted by Crippen LogP contribution is 2.30. The first-order valence-electron chi connectivity index (χ1n) is 4.82. The van der Waals surface area contributed by atoms with Crippen molar-refractivity contribution in [2.24, 2.45) is 5.41 Å². The van der Waals surface area contributed by atoms with Crippen LogP contribution in [0.1, 0.15) is 27.2 Å². The second-order valence-corrected chi connectivity index (χ2v) is 4.00. The summed E-state index contributed by atoms with van der Waals surface area (Å²) in [6.07, 6.45) is 4.71. The molecule has 0 aliphatic heterocycles. The molecule has 0 aliphatic carbocycles. The Morgan fingerprint density at radius 1 is 1.36 bits per heavy atom. The molecule has 0 aromatic heterocycles. The minimum atomic E-state index is -0.240. The smallest absolute Gasteiger partial charge is 0.165 e. The van der Waals surface area contributed by atoms with E-state index in [2.05, 4.69) is 33.4 Å². The van der Waals surface area contributed by atoms with Crippen molar-refractivity contribution in [2.75, 3.05) is 14.2 Å². The van der Waals surface area contributed by atoms with Crippen LogP contribution in [0.2, 0.25) is 0 Å². The van der Waals surface area contributed by atoms with E-state index in [1.54, 1.807) is 14.2 Å². The molecule has 0 fully saturated rings. The maximum atomic E-state index is 5.27. The van der Waals surface area contributed by atoms with Crippen molar-refractivity contribution in [1.82, 2.24) is 0 Å². The Balaban J connectivity index is 4.60. The molecular formula is C12H22O2. The van der Waals surface area contributed by atoms with Crippen LogP contribution in [0.5, 0.6) is 0 Å². The molecule has 2 heteroatoms. The van der Waals surface area contributed by atoms with Gasteiger partial charge in [0.15, 0.2) is 6.29 Å². The van der Waals surface area contributed by atoms with E-state index in [1.807, 2.05) is 6.08 Å². The van der Waals surface area contributed by atoms with Crippen molar-refractivity contribution >= 4 is 0 Å². The van der Waals surface area contributed by atoms with Crippen molar-refractivity contribution in [3.8, 4) is 0 Å². The number of hydrogen-bond acceptors (Lipinski definition) is 2. The number of allylic oxidation sites excluding steroid dienone is 2. The molecule has 1 unspecified atom stereocenters. The zero-order valence-electron chi connectivity index (χ0n) is 9.96. The highest BCUT2D eigenvalue weighted by Gasteiger charge is 2.30. The van der Waals surface area contributed by atoms with Crippen molar-refractivity contribution in [3.63, 3.8) is 0 Å². The molecule has 0 radical (unpaired) electrons. The third kappa shape index (κ3) is 3.64. The highest BCUT2D eigenvalue weighted by molar-refractivity contribution is 5.03. The van der Waals surface area contributed by atoms with Crippen molar-refractivity contribution < 1.29 is 9.47 Å². The van der Waals surface area contributed by atoms with E-state index in [0.29, 0.717) is 0 Å². The molecule has 0 aromatic carbocycles. The van der Waals surface area contributed by atoms with Crippen LogP contribution in [0.15, 0.2) is 24.3 Å². The van der Waals surface area contributed by atoms with E-state index in [4.69, 9.17) is 9.47 Å². The van der Waals surface area contributed by atoms with Crippen LogP contribution in [-0.4, -0.2) is 20.5 Å². The maximum Gasteiger partial charge on any atom is 0.165 e. The van der Waals surface area contributed by atoms with Crippen molar-refractivity contribution in [2.45, 2.75) is 33.5 Å². The minimum Gasteiger partial charge on any atom is -0.355 e. The average Bonchev–Trinajstić information content (AvgIpc) is 2.16. The lowest BCUT2D eigenvalue weighted by Crippen LogP contribution is -2.33. The van der Waals surface area contributed by atoms with Gasteiger partial charge in [-0.15, -0.1) is 6.58 Å². The van der Waals surface area contributed by atoms with E-state index in [0.717, 1.165) is 6.42 Å². The van der Waals surface area contributed by atoms with E-state index in [-0.39, 0.29) is 11.7 Å². The lowest BCUT2D eigenvalue weighted by Gasteiger charge is -2.31. The summed E-state index contributed by atoms with van der Waals surface area (Å²) in [5.41, 5.74) is 1.13. The van der Waals surface area contributed by atoms with E-state index >= 15 is 0 Å². The Hall–Kier alpha value is -0.600. The van der Waals surface area contributed by atoms with Gasteiger partial charge < -0.3 is 9.47 Å². The summed E-state index contributed by atoms with van der Waals surface area (Å²) < 4.78 is 10.5. The predicted octanol–water partition coefficient (Wildman–Crippen LogP) is 3.15. The Labute approximate surface area is 87.6 Å². The second-order valence-electron chi connectivity index (χ2n) is 4.00. The SMILES string of the molecule is C=CC(C)(CC=C(C)C)C(OC)OC. The molecule has 0 saturated carbocycles. The molecule has 0 bridgehead atoms. The summed E-state index contributed by atoms with van der Waals surface area (Å²) in [6.45, 7) is 10.1. The van der Waals surface area contributed by atoms with Crippen molar-refractivity contribution in [3.05, 3.63) is 24.3 Å². The normalized spacial score (nSPS) is 15.0. The fourth-order valence-corrected chi connectivity index (χ4v) is 1.33. The van der Waals surface area contributed by atoms with E-state index in [1.165, 1.54) is 5.57 Å². The third-order valence-corrected chi connectivity index (χ3v) is 2.38. The van der Waals surface area contributed by atoms with Gasteiger partial charge in [0, 0.05) is 19.6 Å². The van der Waals surface area contributed by atoms with Crippen LogP contribution in [0.25, 0.3) is 0 Å². The summed E-state index contributed by atoms with van der Waals surface area (Å²) >= 11 is 0. The molecule has 0 aliphatic rings. The van der Waals surface area contributed by atoms with Crippen LogP contribution in [0, 0.1) is 5.41 Å². The van der Waals surface area contributed by atoms with Gasteiger partial charge in [-0.1, -0.05) is 24.6 Å². The molecule has 0 heterocycles. The van der Waals surface area contributed by atoms with Gasteiger partial charge in [0.25, 0.3) is 0 Å². The largest absolute Gasteiger partial charge is 0.355 e. The quantitative estimate of drug-likeness (QED) is 0.482. The zero-order valence-corrected chi connectivity index (χ0v) is 9.96. The second kappa shape index (κ2) is 5.99. The predicted molar refractivity (Wildman–Crippen MR) is 60.2 cm³/mol. The Kier molecular flexibility index (Phi) is 5.73. The summed E-state index contributed by atoms with van der Waals surface area (Å²) in [6, 6.07) is 0. The van der Waals surface area contributed by atoms with Gasteiger partial charge in [-0.3, -0.25) is 0 Å². The van der Waals surface area contributed by atoms with Crippen LogP contribution < -0.4 is 0 Å². The number of ether oxygens (including phenoxy) is 2. The molecule has 14 heavy (non-hydrogen) atoms. The van der Waals surface area contributed by atoms with E-state index < -0.39 is 0 Å². The Bertz CT molecular complexity index is 200. The average molecular weight is 198 g/mol. The molecule has 0 spiro atoms. The number of hydrogen-bond donors (Lipinski definition) is 0.